The molecule has 26 heavy (non-hydrogen) atoms. The number of ketones is 1. The van der Waals surface area contributed by atoms with Gasteiger partial charge in [-0.25, -0.2) is 0 Å². The summed E-state index contributed by atoms with van der Waals surface area (Å²) in [6, 6.07) is 25.9. The molecule has 0 saturated heterocycles. The molecule has 0 amide bonds. The zero-order valence-corrected chi connectivity index (χ0v) is 14.6. The molecule has 0 bridgehead atoms. The Morgan fingerprint density at radius 3 is 1.73 bits per heavy atom. The third-order valence-corrected chi connectivity index (χ3v) is 4.01. The maximum absolute atomic E-state index is 12.0. The fourth-order valence-corrected chi connectivity index (χ4v) is 2.54. The molecule has 3 aromatic rings. The van der Waals surface area contributed by atoms with E-state index in [4.69, 9.17) is 4.74 Å². The first kappa shape index (κ1) is 17.4. The molecule has 0 aliphatic heterocycles. The number of hydrogen-bond acceptors (Lipinski definition) is 2. The highest BCUT2D eigenvalue weighted by Gasteiger charge is 1.97. The topological polar surface area (TPSA) is 26.3 Å². The van der Waals surface area contributed by atoms with Gasteiger partial charge in [-0.05, 0) is 46.5 Å². The average Bonchev–Trinajstić information content (AvgIpc) is 2.72. The van der Waals surface area contributed by atoms with Crippen molar-refractivity contribution in [3.63, 3.8) is 0 Å². The summed E-state index contributed by atoms with van der Waals surface area (Å²) in [6.45, 7) is 0. The van der Waals surface area contributed by atoms with E-state index in [-0.39, 0.29) is 5.78 Å². The standard InChI is InChI=1S/C24H20O2/c1-26-24-17-11-20(12-18-24)10-16-23(25)15-9-19-7-13-22(14-8-19)21-5-3-2-4-6-21/h2-18H,1H3. The Morgan fingerprint density at radius 1 is 0.692 bits per heavy atom. The Morgan fingerprint density at radius 2 is 1.19 bits per heavy atom. The Kier molecular flexibility index (Phi) is 5.79. The second-order valence-corrected chi connectivity index (χ2v) is 5.83. The average molecular weight is 340 g/mol. The second-order valence-electron chi connectivity index (χ2n) is 5.83. The van der Waals surface area contributed by atoms with Crippen molar-refractivity contribution in [2.75, 3.05) is 7.11 Å². The number of benzene rings is 3. The molecule has 0 radical (unpaired) electrons. The largest absolute Gasteiger partial charge is 0.497 e. The SMILES string of the molecule is COc1ccc(C=CC(=O)C=Cc2ccc(-c3ccccc3)cc2)cc1. The van der Waals surface area contributed by atoms with E-state index in [9.17, 15) is 4.79 Å². The fourth-order valence-electron chi connectivity index (χ4n) is 2.54. The van der Waals surface area contributed by atoms with Gasteiger partial charge in [0.05, 0.1) is 7.11 Å². The van der Waals surface area contributed by atoms with Crippen molar-refractivity contribution < 1.29 is 9.53 Å². The summed E-state index contributed by atoms with van der Waals surface area (Å²) in [5.41, 5.74) is 4.30. The molecular formula is C24H20O2. The minimum absolute atomic E-state index is 0.0482. The molecule has 0 aliphatic rings. The first-order valence-electron chi connectivity index (χ1n) is 8.44. The van der Waals surface area contributed by atoms with Crippen LogP contribution in [-0.4, -0.2) is 12.9 Å². The molecule has 0 saturated carbocycles. The van der Waals surface area contributed by atoms with Crippen LogP contribution in [-0.2, 0) is 4.79 Å². The summed E-state index contributed by atoms with van der Waals surface area (Å²) in [7, 11) is 1.63. The van der Waals surface area contributed by atoms with Crippen molar-refractivity contribution in [2.24, 2.45) is 0 Å². The van der Waals surface area contributed by atoms with E-state index >= 15 is 0 Å². The first-order chi connectivity index (χ1) is 12.7. The van der Waals surface area contributed by atoms with Crippen molar-refractivity contribution in [1.82, 2.24) is 0 Å². The number of carbonyl (C=O) groups excluding carboxylic acids is 1. The van der Waals surface area contributed by atoms with Crippen LogP contribution in [0.4, 0.5) is 0 Å². The van der Waals surface area contributed by atoms with E-state index in [0.717, 1.165) is 22.4 Å². The van der Waals surface area contributed by atoms with Crippen LogP contribution < -0.4 is 4.74 Å². The summed E-state index contributed by atoms with van der Waals surface area (Å²) < 4.78 is 5.12. The zero-order chi connectivity index (χ0) is 18.2. The van der Waals surface area contributed by atoms with Crippen LogP contribution in [0.25, 0.3) is 23.3 Å². The van der Waals surface area contributed by atoms with Gasteiger partial charge in [-0.2, -0.15) is 0 Å². The molecule has 0 heterocycles. The van der Waals surface area contributed by atoms with Crippen LogP contribution in [0.1, 0.15) is 11.1 Å². The van der Waals surface area contributed by atoms with Crippen molar-refractivity contribution in [3.05, 3.63) is 102 Å². The van der Waals surface area contributed by atoms with Gasteiger partial charge < -0.3 is 4.74 Å². The lowest BCUT2D eigenvalue weighted by Crippen LogP contribution is -1.86. The highest BCUT2D eigenvalue weighted by atomic mass is 16.5. The number of rotatable bonds is 6. The highest BCUT2D eigenvalue weighted by Crippen LogP contribution is 2.19. The lowest BCUT2D eigenvalue weighted by atomic mass is 10.0. The second kappa shape index (κ2) is 8.63. The molecule has 2 heteroatoms. The quantitative estimate of drug-likeness (QED) is 0.541. The maximum Gasteiger partial charge on any atom is 0.178 e. The lowest BCUT2D eigenvalue weighted by Gasteiger charge is -2.01. The predicted molar refractivity (Wildman–Crippen MR) is 108 cm³/mol. The minimum Gasteiger partial charge on any atom is -0.497 e. The van der Waals surface area contributed by atoms with Gasteiger partial charge in [0, 0.05) is 0 Å². The van der Waals surface area contributed by atoms with Gasteiger partial charge in [-0.15, -0.1) is 0 Å². The Bertz CT molecular complexity index is 903. The van der Waals surface area contributed by atoms with Crippen molar-refractivity contribution in [3.8, 4) is 16.9 Å². The van der Waals surface area contributed by atoms with E-state index in [1.807, 2.05) is 60.7 Å². The molecule has 3 aromatic carbocycles. The number of ether oxygens (including phenoxy) is 1. The Labute approximate surface area is 154 Å². The lowest BCUT2D eigenvalue weighted by molar-refractivity contribution is -0.110. The minimum atomic E-state index is -0.0482. The summed E-state index contributed by atoms with van der Waals surface area (Å²) in [5.74, 6) is 0.750. The van der Waals surface area contributed by atoms with E-state index < -0.39 is 0 Å². The normalized spacial score (nSPS) is 11.1. The van der Waals surface area contributed by atoms with Crippen LogP contribution in [0.2, 0.25) is 0 Å². The highest BCUT2D eigenvalue weighted by molar-refractivity contribution is 6.04. The van der Waals surface area contributed by atoms with Gasteiger partial charge >= 0.3 is 0 Å². The molecule has 3 rings (SSSR count). The number of methoxy groups -OCH3 is 1. The van der Waals surface area contributed by atoms with Crippen LogP contribution in [0.3, 0.4) is 0 Å². The fraction of sp³-hybridized carbons (Fsp3) is 0.0417. The third-order valence-electron chi connectivity index (χ3n) is 4.01. The summed E-state index contributed by atoms with van der Waals surface area (Å²) >= 11 is 0. The zero-order valence-electron chi connectivity index (χ0n) is 14.6. The molecule has 0 unspecified atom stereocenters. The smallest absolute Gasteiger partial charge is 0.178 e. The molecule has 0 aromatic heterocycles. The predicted octanol–water partition coefficient (Wildman–Crippen LogP) is 5.66. The van der Waals surface area contributed by atoms with Gasteiger partial charge in [-0.1, -0.05) is 78.9 Å². The number of allylic oxidation sites excluding steroid dienone is 2. The van der Waals surface area contributed by atoms with E-state index in [0.29, 0.717) is 0 Å². The van der Waals surface area contributed by atoms with E-state index in [1.165, 1.54) is 5.56 Å². The van der Waals surface area contributed by atoms with Gasteiger partial charge in [0.1, 0.15) is 5.75 Å². The molecule has 0 N–H and O–H groups in total. The molecule has 0 spiro atoms. The molecule has 0 fully saturated rings. The Balaban J connectivity index is 1.61. The van der Waals surface area contributed by atoms with Crippen LogP contribution in [0.5, 0.6) is 5.75 Å². The van der Waals surface area contributed by atoms with Crippen LogP contribution >= 0.6 is 0 Å². The molecule has 128 valence electrons. The molecular weight excluding hydrogens is 320 g/mol. The van der Waals surface area contributed by atoms with E-state index in [2.05, 4.69) is 24.3 Å². The summed E-state index contributed by atoms with van der Waals surface area (Å²) in [5, 5.41) is 0. The van der Waals surface area contributed by atoms with Crippen LogP contribution in [0.15, 0.2) is 91.0 Å². The van der Waals surface area contributed by atoms with Crippen molar-refractivity contribution in [1.29, 1.82) is 0 Å². The van der Waals surface area contributed by atoms with Gasteiger partial charge in [0.2, 0.25) is 0 Å². The van der Waals surface area contributed by atoms with Gasteiger partial charge in [0.25, 0.3) is 0 Å². The van der Waals surface area contributed by atoms with Crippen molar-refractivity contribution >= 4 is 17.9 Å². The summed E-state index contributed by atoms with van der Waals surface area (Å²) in [6.07, 6.45) is 6.77. The number of carbonyl (C=O) groups is 1. The van der Waals surface area contributed by atoms with Gasteiger partial charge in [-0.3, -0.25) is 4.79 Å². The molecule has 0 aliphatic carbocycles. The van der Waals surface area contributed by atoms with Gasteiger partial charge in [0.15, 0.2) is 5.78 Å². The van der Waals surface area contributed by atoms with Crippen molar-refractivity contribution in [2.45, 2.75) is 0 Å². The first-order valence-corrected chi connectivity index (χ1v) is 8.44. The Hall–Kier alpha value is -3.39. The molecule has 0 atom stereocenters. The molecule has 2 nitrogen and oxygen atoms in total. The third kappa shape index (κ3) is 4.81. The maximum atomic E-state index is 12.0. The number of hydrogen-bond donors (Lipinski definition) is 0. The monoisotopic (exact) mass is 340 g/mol. The summed E-state index contributed by atoms with van der Waals surface area (Å²) in [4.78, 5) is 12.0. The van der Waals surface area contributed by atoms with Crippen LogP contribution in [0, 0.1) is 0 Å². The van der Waals surface area contributed by atoms with E-state index in [1.54, 1.807) is 25.3 Å².